The number of rotatable bonds is 3. The number of carbonyl (C=O) groups is 1. The van der Waals surface area contributed by atoms with Gasteiger partial charge in [-0.1, -0.05) is 26.0 Å². The average Bonchev–Trinajstić information content (AvgIpc) is 2.62. The third-order valence-corrected chi connectivity index (χ3v) is 5.51. The third-order valence-electron chi connectivity index (χ3n) is 5.51. The number of benzene rings is 1. The standard InChI is InChI=1S/C20H32N4O/c1-15(2)20(25)24-14-19(21-13-16(24)3)17-5-7-18(8-6-17)23-11-9-22(4)10-12-23/h5-8,15-16,19,21H,9-14H2,1-4H3/t16-,19-/m1/s1. The Morgan fingerprint density at radius 2 is 1.76 bits per heavy atom. The molecular formula is C20H32N4O. The fourth-order valence-electron chi connectivity index (χ4n) is 3.71. The largest absolute Gasteiger partial charge is 0.369 e. The van der Waals surface area contributed by atoms with Crippen molar-refractivity contribution in [3.05, 3.63) is 29.8 Å². The highest BCUT2D eigenvalue weighted by atomic mass is 16.2. The van der Waals surface area contributed by atoms with Crippen molar-refractivity contribution in [3.8, 4) is 0 Å². The SMILES string of the molecule is CC(C)C(=O)N1C[C@H](c2ccc(N3CCN(C)CC3)cc2)NC[C@H]1C. The highest BCUT2D eigenvalue weighted by Crippen LogP contribution is 2.24. The first kappa shape index (κ1) is 18.2. The van der Waals surface area contributed by atoms with Crippen LogP contribution in [0.25, 0.3) is 0 Å². The maximum absolute atomic E-state index is 12.5. The molecule has 2 heterocycles. The van der Waals surface area contributed by atoms with Crippen molar-refractivity contribution >= 4 is 11.6 Å². The van der Waals surface area contributed by atoms with Gasteiger partial charge in [0.15, 0.2) is 0 Å². The topological polar surface area (TPSA) is 38.8 Å². The number of nitrogens with zero attached hydrogens (tertiary/aromatic N) is 3. The number of piperazine rings is 2. The highest BCUT2D eigenvalue weighted by Gasteiger charge is 2.30. The summed E-state index contributed by atoms with van der Waals surface area (Å²) in [6.45, 7) is 12.1. The van der Waals surface area contributed by atoms with Crippen LogP contribution < -0.4 is 10.2 Å². The van der Waals surface area contributed by atoms with Crippen molar-refractivity contribution < 1.29 is 4.79 Å². The van der Waals surface area contributed by atoms with E-state index >= 15 is 0 Å². The van der Waals surface area contributed by atoms with Gasteiger partial charge in [-0.15, -0.1) is 0 Å². The normalized spacial score (nSPS) is 25.5. The van der Waals surface area contributed by atoms with E-state index in [2.05, 4.69) is 53.4 Å². The predicted octanol–water partition coefficient (Wildman–Crippen LogP) is 1.96. The molecule has 5 nitrogen and oxygen atoms in total. The van der Waals surface area contributed by atoms with Gasteiger partial charge in [0.25, 0.3) is 0 Å². The lowest BCUT2D eigenvalue weighted by molar-refractivity contribution is -0.138. The first-order valence-corrected chi connectivity index (χ1v) is 9.53. The molecule has 1 aromatic rings. The van der Waals surface area contributed by atoms with Gasteiger partial charge in [0, 0.05) is 63.0 Å². The molecule has 0 aliphatic carbocycles. The number of likely N-dealkylation sites (N-methyl/N-ethyl adjacent to an activating group) is 1. The quantitative estimate of drug-likeness (QED) is 0.910. The zero-order valence-corrected chi connectivity index (χ0v) is 16.0. The third kappa shape index (κ3) is 4.15. The average molecular weight is 345 g/mol. The minimum absolute atomic E-state index is 0.0563. The first-order chi connectivity index (χ1) is 12.0. The Morgan fingerprint density at radius 1 is 1.12 bits per heavy atom. The van der Waals surface area contributed by atoms with E-state index in [0.717, 1.165) is 39.3 Å². The lowest BCUT2D eigenvalue weighted by Gasteiger charge is -2.40. The molecule has 2 aliphatic rings. The van der Waals surface area contributed by atoms with Crippen molar-refractivity contribution in [1.82, 2.24) is 15.1 Å². The van der Waals surface area contributed by atoms with E-state index in [9.17, 15) is 4.79 Å². The van der Waals surface area contributed by atoms with Gasteiger partial charge >= 0.3 is 0 Å². The number of carbonyl (C=O) groups excluding carboxylic acids is 1. The van der Waals surface area contributed by atoms with E-state index in [1.165, 1.54) is 11.3 Å². The maximum Gasteiger partial charge on any atom is 0.225 e. The van der Waals surface area contributed by atoms with Gasteiger partial charge in [0.05, 0.1) is 0 Å². The zero-order valence-electron chi connectivity index (χ0n) is 16.0. The molecule has 138 valence electrons. The summed E-state index contributed by atoms with van der Waals surface area (Å²) in [6, 6.07) is 9.39. The van der Waals surface area contributed by atoms with Crippen LogP contribution in [-0.4, -0.2) is 68.1 Å². The molecule has 2 fully saturated rings. The summed E-state index contributed by atoms with van der Waals surface area (Å²) in [4.78, 5) is 19.3. The summed E-state index contributed by atoms with van der Waals surface area (Å²) in [5, 5.41) is 3.60. The summed E-state index contributed by atoms with van der Waals surface area (Å²) in [5.74, 6) is 0.314. The monoisotopic (exact) mass is 344 g/mol. The fourth-order valence-corrected chi connectivity index (χ4v) is 3.71. The highest BCUT2D eigenvalue weighted by molar-refractivity contribution is 5.78. The minimum Gasteiger partial charge on any atom is -0.369 e. The van der Waals surface area contributed by atoms with Crippen molar-refractivity contribution in [3.63, 3.8) is 0 Å². The number of nitrogens with one attached hydrogen (secondary N) is 1. The van der Waals surface area contributed by atoms with E-state index in [4.69, 9.17) is 0 Å². The van der Waals surface area contributed by atoms with Gasteiger partial charge in [-0.2, -0.15) is 0 Å². The van der Waals surface area contributed by atoms with Crippen LogP contribution in [-0.2, 0) is 4.79 Å². The van der Waals surface area contributed by atoms with E-state index in [0.29, 0.717) is 0 Å². The van der Waals surface area contributed by atoms with Gasteiger partial charge in [-0.05, 0) is 31.7 Å². The van der Waals surface area contributed by atoms with Crippen LogP contribution in [0.2, 0.25) is 0 Å². The molecular weight excluding hydrogens is 312 g/mol. The summed E-state index contributed by atoms with van der Waals surface area (Å²) in [6.07, 6.45) is 0. The molecule has 0 spiro atoms. The number of hydrogen-bond donors (Lipinski definition) is 1. The van der Waals surface area contributed by atoms with Gasteiger partial charge in [0.2, 0.25) is 5.91 Å². The summed E-state index contributed by atoms with van der Waals surface area (Å²) in [5.41, 5.74) is 2.57. The molecule has 2 atom stereocenters. The molecule has 1 N–H and O–H groups in total. The lowest BCUT2D eigenvalue weighted by atomic mass is 10.00. The molecule has 0 radical (unpaired) electrons. The molecule has 2 aliphatic heterocycles. The van der Waals surface area contributed by atoms with Crippen LogP contribution in [0, 0.1) is 5.92 Å². The second kappa shape index (κ2) is 7.75. The first-order valence-electron chi connectivity index (χ1n) is 9.53. The number of amides is 1. The Hall–Kier alpha value is -1.59. The molecule has 0 bridgehead atoms. The molecule has 2 saturated heterocycles. The minimum atomic E-state index is 0.0563. The van der Waals surface area contributed by atoms with Crippen molar-refractivity contribution in [1.29, 1.82) is 0 Å². The molecule has 0 unspecified atom stereocenters. The van der Waals surface area contributed by atoms with E-state index in [1.807, 2.05) is 18.7 Å². The van der Waals surface area contributed by atoms with E-state index < -0.39 is 0 Å². The summed E-state index contributed by atoms with van der Waals surface area (Å²) >= 11 is 0. The van der Waals surface area contributed by atoms with Crippen molar-refractivity contribution in [2.75, 3.05) is 51.2 Å². The van der Waals surface area contributed by atoms with Crippen LogP contribution in [0.4, 0.5) is 5.69 Å². The van der Waals surface area contributed by atoms with Crippen LogP contribution in [0.15, 0.2) is 24.3 Å². The van der Waals surface area contributed by atoms with Crippen LogP contribution in [0.5, 0.6) is 0 Å². The molecule has 3 rings (SSSR count). The number of hydrogen-bond acceptors (Lipinski definition) is 4. The Morgan fingerprint density at radius 3 is 2.36 bits per heavy atom. The second-order valence-corrected chi connectivity index (χ2v) is 7.84. The Bertz CT molecular complexity index is 578. The zero-order chi connectivity index (χ0) is 18.0. The smallest absolute Gasteiger partial charge is 0.225 e. The van der Waals surface area contributed by atoms with Gasteiger partial charge in [-0.25, -0.2) is 0 Å². The predicted molar refractivity (Wildman–Crippen MR) is 103 cm³/mol. The van der Waals surface area contributed by atoms with Crippen molar-refractivity contribution in [2.45, 2.75) is 32.9 Å². The molecule has 5 heteroatoms. The van der Waals surface area contributed by atoms with E-state index in [1.54, 1.807) is 0 Å². The number of anilines is 1. The van der Waals surface area contributed by atoms with Gasteiger partial charge in [0.1, 0.15) is 0 Å². The summed E-state index contributed by atoms with van der Waals surface area (Å²) < 4.78 is 0. The maximum atomic E-state index is 12.5. The summed E-state index contributed by atoms with van der Waals surface area (Å²) in [7, 11) is 2.18. The van der Waals surface area contributed by atoms with Crippen molar-refractivity contribution in [2.24, 2.45) is 5.92 Å². The second-order valence-electron chi connectivity index (χ2n) is 7.84. The molecule has 25 heavy (non-hydrogen) atoms. The Kier molecular flexibility index (Phi) is 5.64. The van der Waals surface area contributed by atoms with E-state index in [-0.39, 0.29) is 23.9 Å². The Labute approximate surface area is 152 Å². The molecule has 1 amide bonds. The molecule has 0 saturated carbocycles. The fraction of sp³-hybridized carbons (Fsp3) is 0.650. The van der Waals surface area contributed by atoms with Gasteiger partial charge in [-0.3, -0.25) is 4.79 Å². The van der Waals surface area contributed by atoms with Crippen LogP contribution in [0.3, 0.4) is 0 Å². The molecule has 1 aromatic carbocycles. The van der Waals surface area contributed by atoms with Crippen LogP contribution in [0.1, 0.15) is 32.4 Å². The van der Waals surface area contributed by atoms with Crippen LogP contribution >= 0.6 is 0 Å². The Balaban J connectivity index is 1.66. The molecule has 0 aromatic heterocycles. The lowest BCUT2D eigenvalue weighted by Crippen LogP contribution is -2.54. The van der Waals surface area contributed by atoms with Gasteiger partial charge < -0.3 is 20.0 Å².